The second-order valence-corrected chi connectivity index (χ2v) is 3.27. The maximum atomic E-state index is 9.12. The van der Waals surface area contributed by atoms with Crippen LogP contribution in [0.3, 0.4) is 0 Å². The number of phenolic OH excluding ortho intramolecular Hbond substituents is 1. The van der Waals surface area contributed by atoms with Crippen LogP contribution in [-0.2, 0) is 0 Å². The molecular weight excluding hydrogens is 162 g/mol. The van der Waals surface area contributed by atoms with Gasteiger partial charge in [0.05, 0.1) is 0 Å². The van der Waals surface area contributed by atoms with Crippen LogP contribution in [0.1, 0.15) is 18.4 Å². The zero-order valence-electron chi connectivity index (χ0n) is 7.46. The summed E-state index contributed by atoms with van der Waals surface area (Å²) in [7, 11) is 0. The van der Waals surface area contributed by atoms with Crippen LogP contribution in [0.25, 0.3) is 5.57 Å². The molecule has 2 nitrogen and oxygen atoms in total. The summed E-state index contributed by atoms with van der Waals surface area (Å²) in [4.78, 5) is 0. The largest absolute Gasteiger partial charge is 0.508 e. The van der Waals surface area contributed by atoms with Gasteiger partial charge in [0.1, 0.15) is 5.75 Å². The van der Waals surface area contributed by atoms with Crippen LogP contribution in [-0.4, -0.2) is 11.7 Å². The van der Waals surface area contributed by atoms with Gasteiger partial charge in [0.2, 0.25) is 0 Å². The summed E-state index contributed by atoms with van der Waals surface area (Å²) in [6.07, 6.45) is 4.38. The summed E-state index contributed by atoms with van der Waals surface area (Å²) >= 11 is 0. The number of rotatable bonds is 1. The molecule has 2 N–H and O–H groups in total. The van der Waals surface area contributed by atoms with E-state index in [4.69, 9.17) is 5.11 Å². The summed E-state index contributed by atoms with van der Waals surface area (Å²) in [5.74, 6) is 0.327. The molecular formula is C11H13NO. The van der Waals surface area contributed by atoms with Crippen molar-refractivity contribution in [1.82, 2.24) is 5.32 Å². The van der Waals surface area contributed by atoms with E-state index in [9.17, 15) is 0 Å². The number of hydrogen-bond donors (Lipinski definition) is 2. The van der Waals surface area contributed by atoms with Gasteiger partial charge in [0.15, 0.2) is 0 Å². The van der Waals surface area contributed by atoms with Crippen LogP contribution in [0.15, 0.2) is 30.5 Å². The molecule has 1 heterocycles. The lowest BCUT2D eigenvalue weighted by Gasteiger charge is -2.14. The smallest absolute Gasteiger partial charge is 0.115 e. The molecule has 0 saturated carbocycles. The molecule has 1 aliphatic rings. The summed E-state index contributed by atoms with van der Waals surface area (Å²) in [6, 6.07) is 7.36. The van der Waals surface area contributed by atoms with E-state index in [1.54, 1.807) is 12.1 Å². The van der Waals surface area contributed by atoms with E-state index in [1.807, 2.05) is 12.1 Å². The molecule has 13 heavy (non-hydrogen) atoms. The maximum absolute atomic E-state index is 9.12. The molecule has 0 bridgehead atoms. The SMILES string of the molecule is Oc1ccc(C2=CNCCC2)cc1. The molecule has 0 spiro atoms. The molecule has 1 aromatic rings. The van der Waals surface area contributed by atoms with Crippen molar-refractivity contribution in [2.75, 3.05) is 6.54 Å². The average Bonchev–Trinajstić information content (AvgIpc) is 2.20. The number of nitrogens with one attached hydrogen (secondary N) is 1. The van der Waals surface area contributed by atoms with Gasteiger partial charge in [-0.05, 0) is 36.1 Å². The first-order valence-corrected chi connectivity index (χ1v) is 4.58. The highest BCUT2D eigenvalue weighted by molar-refractivity contribution is 5.66. The fourth-order valence-electron chi connectivity index (χ4n) is 1.55. The van der Waals surface area contributed by atoms with E-state index in [-0.39, 0.29) is 0 Å². The number of benzene rings is 1. The minimum Gasteiger partial charge on any atom is -0.508 e. The molecule has 0 saturated heterocycles. The summed E-state index contributed by atoms with van der Waals surface area (Å²) < 4.78 is 0. The first kappa shape index (κ1) is 8.17. The molecule has 1 aliphatic heterocycles. The number of hydrogen-bond acceptors (Lipinski definition) is 2. The molecule has 0 atom stereocenters. The Morgan fingerprint density at radius 1 is 1.15 bits per heavy atom. The van der Waals surface area contributed by atoms with Gasteiger partial charge < -0.3 is 10.4 Å². The van der Waals surface area contributed by atoms with E-state index in [0.717, 1.165) is 13.0 Å². The minimum absolute atomic E-state index is 0.327. The van der Waals surface area contributed by atoms with Crippen molar-refractivity contribution < 1.29 is 5.11 Å². The van der Waals surface area contributed by atoms with E-state index < -0.39 is 0 Å². The van der Waals surface area contributed by atoms with Crippen LogP contribution >= 0.6 is 0 Å². The van der Waals surface area contributed by atoms with E-state index >= 15 is 0 Å². The highest BCUT2D eigenvalue weighted by Gasteiger charge is 2.04. The Hall–Kier alpha value is -1.44. The van der Waals surface area contributed by atoms with Crippen molar-refractivity contribution in [3.8, 4) is 5.75 Å². The minimum atomic E-state index is 0.327. The van der Waals surface area contributed by atoms with Crippen molar-refractivity contribution in [2.45, 2.75) is 12.8 Å². The zero-order valence-corrected chi connectivity index (χ0v) is 7.46. The summed E-state index contributed by atoms with van der Waals surface area (Å²) in [5.41, 5.74) is 2.52. The predicted octanol–water partition coefficient (Wildman–Crippen LogP) is 2.12. The third-order valence-electron chi connectivity index (χ3n) is 2.28. The van der Waals surface area contributed by atoms with Crippen molar-refractivity contribution in [2.24, 2.45) is 0 Å². The van der Waals surface area contributed by atoms with E-state index in [2.05, 4.69) is 11.5 Å². The Kier molecular flexibility index (Phi) is 2.21. The Balaban J connectivity index is 2.24. The highest BCUT2D eigenvalue weighted by atomic mass is 16.3. The molecule has 68 valence electrons. The average molecular weight is 175 g/mol. The second kappa shape index (κ2) is 3.52. The van der Waals surface area contributed by atoms with Crippen molar-refractivity contribution in [3.05, 3.63) is 36.0 Å². The van der Waals surface area contributed by atoms with Crippen molar-refractivity contribution in [3.63, 3.8) is 0 Å². The van der Waals surface area contributed by atoms with Gasteiger partial charge in [-0.15, -0.1) is 0 Å². The van der Waals surface area contributed by atoms with Gasteiger partial charge in [0.25, 0.3) is 0 Å². The molecule has 2 heteroatoms. The van der Waals surface area contributed by atoms with Crippen LogP contribution in [0.5, 0.6) is 5.75 Å². The summed E-state index contributed by atoms with van der Waals surface area (Å²) in [6.45, 7) is 1.07. The lowest BCUT2D eigenvalue weighted by Crippen LogP contribution is -2.12. The molecule has 0 amide bonds. The zero-order chi connectivity index (χ0) is 9.10. The van der Waals surface area contributed by atoms with Crippen LogP contribution in [0.2, 0.25) is 0 Å². The first-order valence-electron chi connectivity index (χ1n) is 4.58. The quantitative estimate of drug-likeness (QED) is 0.685. The predicted molar refractivity (Wildman–Crippen MR) is 53.3 cm³/mol. The molecule has 0 aromatic heterocycles. The molecule has 2 rings (SSSR count). The highest BCUT2D eigenvalue weighted by Crippen LogP contribution is 2.22. The van der Waals surface area contributed by atoms with Crippen LogP contribution < -0.4 is 5.32 Å². The Labute approximate surface area is 77.9 Å². The van der Waals surface area contributed by atoms with Crippen LogP contribution in [0, 0.1) is 0 Å². The van der Waals surface area contributed by atoms with E-state index in [1.165, 1.54) is 17.6 Å². The van der Waals surface area contributed by atoms with Gasteiger partial charge in [-0.3, -0.25) is 0 Å². The van der Waals surface area contributed by atoms with Gasteiger partial charge in [-0.1, -0.05) is 12.1 Å². The lowest BCUT2D eigenvalue weighted by molar-refractivity contribution is 0.475. The number of allylic oxidation sites excluding steroid dienone is 1. The molecule has 0 fully saturated rings. The molecule has 1 aromatic carbocycles. The van der Waals surface area contributed by atoms with E-state index in [0.29, 0.717) is 5.75 Å². The third-order valence-corrected chi connectivity index (χ3v) is 2.28. The molecule has 0 aliphatic carbocycles. The van der Waals surface area contributed by atoms with Crippen molar-refractivity contribution in [1.29, 1.82) is 0 Å². The Morgan fingerprint density at radius 3 is 2.54 bits per heavy atom. The topological polar surface area (TPSA) is 32.3 Å². The van der Waals surface area contributed by atoms with Gasteiger partial charge in [0, 0.05) is 12.7 Å². The lowest BCUT2D eigenvalue weighted by atomic mass is 10.0. The fourth-order valence-corrected chi connectivity index (χ4v) is 1.55. The third kappa shape index (κ3) is 1.83. The van der Waals surface area contributed by atoms with Gasteiger partial charge >= 0.3 is 0 Å². The Bertz CT molecular complexity index is 313. The van der Waals surface area contributed by atoms with Gasteiger partial charge in [-0.25, -0.2) is 0 Å². The normalized spacial score (nSPS) is 16.2. The monoisotopic (exact) mass is 175 g/mol. The van der Waals surface area contributed by atoms with Gasteiger partial charge in [-0.2, -0.15) is 0 Å². The maximum Gasteiger partial charge on any atom is 0.115 e. The number of phenols is 1. The molecule has 0 radical (unpaired) electrons. The molecule has 0 unspecified atom stereocenters. The number of aromatic hydroxyl groups is 1. The van der Waals surface area contributed by atoms with Crippen LogP contribution in [0.4, 0.5) is 0 Å². The standard InChI is InChI=1S/C11H13NO/c13-11-5-3-9(4-6-11)10-2-1-7-12-8-10/h3-6,8,12-13H,1-2,7H2. The fraction of sp³-hybridized carbons (Fsp3) is 0.273. The second-order valence-electron chi connectivity index (χ2n) is 3.27. The summed E-state index contributed by atoms with van der Waals surface area (Å²) in [5, 5.41) is 12.3. The Morgan fingerprint density at radius 2 is 1.92 bits per heavy atom. The first-order chi connectivity index (χ1) is 6.36. The van der Waals surface area contributed by atoms with Crippen molar-refractivity contribution >= 4 is 5.57 Å².